The van der Waals surface area contributed by atoms with Gasteiger partial charge < -0.3 is 14.5 Å². The van der Waals surface area contributed by atoms with Crippen LogP contribution < -0.4 is 0 Å². The fourth-order valence-corrected chi connectivity index (χ4v) is 1.60. The quantitative estimate of drug-likeness (QED) is 0.612. The SMILES string of the molecule is COC(=O)C(C)C(C)N(C)CCCN(C)C. The Balaban J connectivity index is 3.97. The summed E-state index contributed by atoms with van der Waals surface area (Å²) in [6, 6.07) is 0.217. The second-order valence-electron chi connectivity index (χ2n) is 4.69. The van der Waals surface area contributed by atoms with Crippen LogP contribution in [-0.4, -0.2) is 63.2 Å². The lowest BCUT2D eigenvalue weighted by molar-refractivity contribution is -0.146. The van der Waals surface area contributed by atoms with E-state index in [9.17, 15) is 4.79 Å². The summed E-state index contributed by atoms with van der Waals surface area (Å²) in [5.74, 6) is -0.207. The molecule has 4 nitrogen and oxygen atoms in total. The van der Waals surface area contributed by atoms with E-state index in [-0.39, 0.29) is 17.9 Å². The van der Waals surface area contributed by atoms with E-state index in [1.807, 2.05) is 6.92 Å². The molecule has 0 aromatic carbocycles. The van der Waals surface area contributed by atoms with Gasteiger partial charge in [-0.05, 0) is 47.6 Å². The summed E-state index contributed by atoms with van der Waals surface area (Å²) in [4.78, 5) is 15.8. The van der Waals surface area contributed by atoms with Gasteiger partial charge in [-0.1, -0.05) is 6.92 Å². The monoisotopic (exact) mass is 230 g/mol. The Hall–Kier alpha value is -0.610. The van der Waals surface area contributed by atoms with Gasteiger partial charge in [0.2, 0.25) is 0 Å². The van der Waals surface area contributed by atoms with Crippen LogP contribution >= 0.6 is 0 Å². The molecule has 0 aliphatic heterocycles. The predicted molar refractivity (Wildman–Crippen MR) is 66.4 cm³/mol. The number of rotatable bonds is 7. The zero-order valence-electron chi connectivity index (χ0n) is 11.5. The summed E-state index contributed by atoms with van der Waals surface area (Å²) < 4.78 is 4.75. The number of hydrogen-bond acceptors (Lipinski definition) is 4. The molecule has 0 amide bonds. The first-order valence-electron chi connectivity index (χ1n) is 5.83. The molecule has 96 valence electrons. The van der Waals surface area contributed by atoms with Crippen LogP contribution in [0.5, 0.6) is 0 Å². The molecular formula is C12H26N2O2. The summed E-state index contributed by atoms with van der Waals surface area (Å²) in [7, 11) is 7.64. The summed E-state index contributed by atoms with van der Waals surface area (Å²) in [5.41, 5.74) is 0. The first-order valence-corrected chi connectivity index (χ1v) is 5.83. The molecule has 0 heterocycles. The van der Waals surface area contributed by atoms with Crippen molar-refractivity contribution in [2.45, 2.75) is 26.3 Å². The lowest BCUT2D eigenvalue weighted by Gasteiger charge is -2.28. The van der Waals surface area contributed by atoms with E-state index in [2.05, 4.69) is 37.9 Å². The van der Waals surface area contributed by atoms with Crippen LogP contribution in [0.15, 0.2) is 0 Å². The molecule has 0 saturated heterocycles. The molecule has 0 aromatic rings. The van der Waals surface area contributed by atoms with E-state index < -0.39 is 0 Å². The first kappa shape index (κ1) is 15.4. The van der Waals surface area contributed by atoms with Crippen molar-refractivity contribution >= 4 is 5.97 Å². The number of hydrogen-bond donors (Lipinski definition) is 0. The molecule has 4 heteroatoms. The smallest absolute Gasteiger partial charge is 0.309 e. The largest absolute Gasteiger partial charge is 0.469 e. The minimum absolute atomic E-state index is 0.0747. The summed E-state index contributed by atoms with van der Waals surface area (Å²) in [6.45, 7) is 6.06. The van der Waals surface area contributed by atoms with Gasteiger partial charge in [0.25, 0.3) is 0 Å². The molecule has 0 aromatic heterocycles. The first-order chi connectivity index (χ1) is 7.40. The van der Waals surface area contributed by atoms with Gasteiger partial charge in [-0.15, -0.1) is 0 Å². The van der Waals surface area contributed by atoms with Crippen molar-refractivity contribution in [1.29, 1.82) is 0 Å². The zero-order valence-corrected chi connectivity index (χ0v) is 11.5. The van der Waals surface area contributed by atoms with Crippen molar-refractivity contribution in [1.82, 2.24) is 9.80 Å². The highest BCUT2D eigenvalue weighted by Gasteiger charge is 2.23. The topological polar surface area (TPSA) is 32.8 Å². The molecule has 0 bridgehead atoms. The van der Waals surface area contributed by atoms with Crippen LogP contribution in [0.25, 0.3) is 0 Å². The minimum atomic E-state index is -0.132. The molecule has 0 rings (SSSR count). The molecule has 2 unspecified atom stereocenters. The van der Waals surface area contributed by atoms with Crippen LogP contribution in [0.2, 0.25) is 0 Å². The van der Waals surface area contributed by atoms with Crippen molar-refractivity contribution in [3.63, 3.8) is 0 Å². The fourth-order valence-electron chi connectivity index (χ4n) is 1.60. The number of nitrogens with zero attached hydrogens (tertiary/aromatic N) is 2. The molecule has 0 spiro atoms. The summed E-state index contributed by atoms with van der Waals surface area (Å²) >= 11 is 0. The van der Waals surface area contributed by atoms with Crippen molar-refractivity contribution in [3.8, 4) is 0 Å². The van der Waals surface area contributed by atoms with Crippen molar-refractivity contribution in [3.05, 3.63) is 0 Å². The van der Waals surface area contributed by atoms with E-state index in [1.165, 1.54) is 7.11 Å². The molecule has 0 N–H and O–H groups in total. The summed E-state index contributed by atoms with van der Waals surface area (Å²) in [6.07, 6.45) is 1.11. The van der Waals surface area contributed by atoms with E-state index in [1.54, 1.807) is 0 Å². The number of ether oxygens (including phenoxy) is 1. The second-order valence-corrected chi connectivity index (χ2v) is 4.69. The molecule has 0 fully saturated rings. The second kappa shape index (κ2) is 7.63. The maximum atomic E-state index is 11.4. The van der Waals surface area contributed by atoms with Crippen LogP contribution in [-0.2, 0) is 9.53 Å². The number of methoxy groups -OCH3 is 1. The van der Waals surface area contributed by atoms with Crippen LogP contribution in [0.4, 0.5) is 0 Å². The lowest BCUT2D eigenvalue weighted by Crippen LogP contribution is -2.39. The van der Waals surface area contributed by atoms with Crippen molar-refractivity contribution < 1.29 is 9.53 Å². The Morgan fingerprint density at radius 3 is 2.19 bits per heavy atom. The van der Waals surface area contributed by atoms with E-state index in [4.69, 9.17) is 4.74 Å². The Kier molecular flexibility index (Phi) is 7.34. The van der Waals surface area contributed by atoms with Crippen LogP contribution in [0.3, 0.4) is 0 Å². The van der Waals surface area contributed by atoms with Gasteiger partial charge >= 0.3 is 5.97 Å². The Morgan fingerprint density at radius 1 is 1.19 bits per heavy atom. The predicted octanol–water partition coefficient (Wildman–Crippen LogP) is 1.07. The molecule has 0 aliphatic rings. The third kappa shape index (κ3) is 5.47. The molecule has 16 heavy (non-hydrogen) atoms. The molecule has 0 saturated carbocycles. The highest BCUT2D eigenvalue weighted by Crippen LogP contribution is 2.11. The number of carbonyl (C=O) groups excluding carboxylic acids is 1. The van der Waals surface area contributed by atoms with Crippen molar-refractivity contribution in [2.75, 3.05) is 41.3 Å². The van der Waals surface area contributed by atoms with Gasteiger partial charge in [0, 0.05) is 6.04 Å². The van der Waals surface area contributed by atoms with Gasteiger partial charge in [0.05, 0.1) is 13.0 Å². The van der Waals surface area contributed by atoms with Crippen LogP contribution in [0, 0.1) is 5.92 Å². The summed E-state index contributed by atoms with van der Waals surface area (Å²) in [5, 5.41) is 0. The normalized spacial score (nSPS) is 15.2. The number of esters is 1. The maximum Gasteiger partial charge on any atom is 0.309 e. The van der Waals surface area contributed by atoms with Gasteiger partial charge in [-0.3, -0.25) is 4.79 Å². The molecule has 0 radical (unpaired) electrons. The van der Waals surface area contributed by atoms with E-state index >= 15 is 0 Å². The van der Waals surface area contributed by atoms with Gasteiger partial charge in [0.15, 0.2) is 0 Å². The third-order valence-corrected chi connectivity index (χ3v) is 3.11. The zero-order chi connectivity index (χ0) is 12.7. The average Bonchev–Trinajstić information content (AvgIpc) is 2.25. The fraction of sp³-hybridized carbons (Fsp3) is 0.917. The van der Waals surface area contributed by atoms with Gasteiger partial charge in [-0.2, -0.15) is 0 Å². The van der Waals surface area contributed by atoms with E-state index in [0.29, 0.717) is 0 Å². The van der Waals surface area contributed by atoms with Gasteiger partial charge in [0.1, 0.15) is 0 Å². The highest BCUT2D eigenvalue weighted by molar-refractivity contribution is 5.72. The standard InChI is InChI=1S/C12H26N2O2/c1-10(12(15)16-6)11(2)14(5)9-7-8-13(3)4/h10-11H,7-9H2,1-6H3. The Morgan fingerprint density at radius 2 is 1.75 bits per heavy atom. The minimum Gasteiger partial charge on any atom is -0.469 e. The molecular weight excluding hydrogens is 204 g/mol. The highest BCUT2D eigenvalue weighted by atomic mass is 16.5. The van der Waals surface area contributed by atoms with Crippen molar-refractivity contribution in [2.24, 2.45) is 5.92 Å². The Labute approximate surface area is 99.5 Å². The maximum absolute atomic E-state index is 11.4. The lowest BCUT2D eigenvalue weighted by atomic mass is 10.0. The average molecular weight is 230 g/mol. The third-order valence-electron chi connectivity index (χ3n) is 3.11. The van der Waals surface area contributed by atoms with Gasteiger partial charge in [-0.25, -0.2) is 0 Å². The van der Waals surface area contributed by atoms with E-state index in [0.717, 1.165) is 19.5 Å². The Bertz CT molecular complexity index is 207. The number of carbonyl (C=O) groups is 1. The molecule has 0 aliphatic carbocycles. The molecule has 2 atom stereocenters. The van der Waals surface area contributed by atoms with Crippen LogP contribution in [0.1, 0.15) is 20.3 Å².